The van der Waals surface area contributed by atoms with Crippen molar-refractivity contribution in [1.29, 1.82) is 0 Å². The number of nitrogens with zero attached hydrogens (tertiary/aromatic N) is 5. The number of carbonyl (C=O) groups excluding carboxylic acids is 2. The largest absolute Gasteiger partial charge is 0.481 e. The van der Waals surface area contributed by atoms with Crippen molar-refractivity contribution < 1.29 is 22.7 Å². The maximum Gasteiger partial charge on any atom is 0.276 e. The van der Waals surface area contributed by atoms with Crippen LogP contribution in [0.1, 0.15) is 24.0 Å². The van der Waals surface area contributed by atoms with Crippen LogP contribution in [0.4, 0.5) is 11.4 Å². The number of rotatable bonds is 7. The average Bonchev–Trinajstić information content (AvgIpc) is 3.35. The van der Waals surface area contributed by atoms with Crippen molar-refractivity contribution in [2.24, 2.45) is 5.92 Å². The monoisotopic (exact) mass is 668 g/mol. The first-order valence-corrected chi connectivity index (χ1v) is 16.8. The van der Waals surface area contributed by atoms with E-state index >= 15 is 4.79 Å². The van der Waals surface area contributed by atoms with Crippen LogP contribution in [-0.2, 0) is 25.2 Å². The number of carbonyl (C=O) groups is 2. The van der Waals surface area contributed by atoms with E-state index < -0.39 is 33.3 Å². The number of para-hydroxylation sites is 1. The Labute approximate surface area is 276 Å². The van der Waals surface area contributed by atoms with Gasteiger partial charge < -0.3 is 15.0 Å². The topological polar surface area (TPSA) is 135 Å². The number of piperidine rings is 1. The van der Waals surface area contributed by atoms with Crippen LogP contribution < -0.4 is 19.3 Å². The standard InChI is InChI=1S/C34H29ClN6O5S/c1-46-32-26(7-4-16-38-32)34(39-31(42)23-13-19-40(20-14-23)25-11-17-36-18-12-25)27-21-24(35)9-10-28(27)41(33(34)43)47(44,45)29-8-2-5-22-6-3-15-37-30(22)29/h2-12,15-18,21,23H,13-14,19-20H2,1H3,(H,39,42). The minimum absolute atomic E-state index is 0.0469. The molecule has 1 atom stereocenters. The lowest BCUT2D eigenvalue weighted by Gasteiger charge is -2.36. The molecule has 1 N–H and O–H groups in total. The number of nitrogens with one attached hydrogen (secondary N) is 1. The molecule has 1 unspecified atom stereocenters. The molecule has 238 valence electrons. The smallest absolute Gasteiger partial charge is 0.276 e. The molecule has 3 aromatic heterocycles. The summed E-state index contributed by atoms with van der Waals surface area (Å²) in [4.78, 5) is 44.0. The highest BCUT2D eigenvalue weighted by molar-refractivity contribution is 7.93. The molecule has 13 heteroatoms. The summed E-state index contributed by atoms with van der Waals surface area (Å²) >= 11 is 6.52. The lowest BCUT2D eigenvalue weighted by molar-refractivity contribution is -0.132. The van der Waals surface area contributed by atoms with E-state index in [0.717, 1.165) is 9.99 Å². The van der Waals surface area contributed by atoms with Crippen LogP contribution in [0.2, 0.25) is 5.02 Å². The minimum atomic E-state index is -4.58. The van der Waals surface area contributed by atoms with Gasteiger partial charge in [0.05, 0.1) is 23.9 Å². The van der Waals surface area contributed by atoms with Crippen molar-refractivity contribution in [2.75, 3.05) is 29.4 Å². The zero-order chi connectivity index (χ0) is 32.8. The third-order valence-electron chi connectivity index (χ3n) is 8.77. The number of amides is 2. The third kappa shape index (κ3) is 5.04. The van der Waals surface area contributed by atoms with Gasteiger partial charge in [-0.15, -0.1) is 0 Å². The molecule has 5 heterocycles. The predicted octanol–water partition coefficient (Wildman–Crippen LogP) is 4.70. The highest BCUT2D eigenvalue weighted by atomic mass is 35.5. The van der Waals surface area contributed by atoms with Gasteiger partial charge in [0.15, 0.2) is 5.54 Å². The molecule has 5 aromatic rings. The van der Waals surface area contributed by atoms with Crippen molar-refractivity contribution in [3.05, 3.63) is 114 Å². The molecule has 7 rings (SSSR count). The fourth-order valence-electron chi connectivity index (χ4n) is 6.51. The van der Waals surface area contributed by atoms with Crippen LogP contribution >= 0.6 is 11.6 Å². The number of anilines is 2. The predicted molar refractivity (Wildman–Crippen MR) is 177 cm³/mol. The molecule has 1 saturated heterocycles. The quantitative estimate of drug-likeness (QED) is 0.262. The van der Waals surface area contributed by atoms with Gasteiger partial charge in [-0.25, -0.2) is 13.4 Å². The minimum Gasteiger partial charge on any atom is -0.481 e. The normalized spacial score (nSPS) is 18.3. The number of hydrogen-bond donors (Lipinski definition) is 1. The molecule has 0 saturated carbocycles. The van der Waals surface area contributed by atoms with Crippen LogP contribution in [0.25, 0.3) is 10.9 Å². The second kappa shape index (κ2) is 11.9. The number of fused-ring (bicyclic) bond motifs is 2. The van der Waals surface area contributed by atoms with E-state index in [0.29, 0.717) is 31.3 Å². The summed E-state index contributed by atoms with van der Waals surface area (Å²) < 4.78 is 35.5. The Morgan fingerprint density at radius 1 is 0.936 bits per heavy atom. The average molecular weight is 669 g/mol. The van der Waals surface area contributed by atoms with E-state index in [1.165, 1.54) is 43.8 Å². The fraction of sp³-hybridized carbons (Fsp3) is 0.206. The van der Waals surface area contributed by atoms with Gasteiger partial charge in [-0.05, 0) is 67.4 Å². The highest BCUT2D eigenvalue weighted by Gasteiger charge is 2.59. The van der Waals surface area contributed by atoms with Gasteiger partial charge in [0.2, 0.25) is 11.8 Å². The number of ether oxygens (including phenoxy) is 1. The summed E-state index contributed by atoms with van der Waals surface area (Å²) in [7, 11) is -3.19. The van der Waals surface area contributed by atoms with Crippen molar-refractivity contribution in [3.8, 4) is 5.88 Å². The second-order valence-electron chi connectivity index (χ2n) is 11.3. The summed E-state index contributed by atoms with van der Waals surface area (Å²) in [5.74, 6) is -1.74. The fourth-order valence-corrected chi connectivity index (χ4v) is 8.32. The summed E-state index contributed by atoms with van der Waals surface area (Å²) in [5, 5.41) is 3.85. The van der Waals surface area contributed by atoms with Gasteiger partial charge in [0.25, 0.3) is 15.9 Å². The van der Waals surface area contributed by atoms with Crippen LogP contribution in [0.3, 0.4) is 0 Å². The number of sulfonamides is 1. The molecule has 2 aliphatic rings. The summed E-state index contributed by atoms with van der Waals surface area (Å²) in [6, 6.07) is 19.7. The third-order valence-corrected chi connectivity index (χ3v) is 10.7. The van der Waals surface area contributed by atoms with Crippen LogP contribution in [-0.4, -0.2) is 55.4 Å². The Balaban J connectivity index is 1.35. The number of aromatic nitrogens is 3. The molecule has 2 aliphatic heterocycles. The zero-order valence-electron chi connectivity index (χ0n) is 25.2. The molecular weight excluding hydrogens is 640 g/mol. The molecule has 2 aromatic carbocycles. The molecule has 2 amide bonds. The molecule has 0 radical (unpaired) electrons. The van der Waals surface area contributed by atoms with Crippen molar-refractivity contribution in [3.63, 3.8) is 0 Å². The number of pyridine rings is 3. The lowest BCUT2D eigenvalue weighted by atomic mass is 9.83. The first kappa shape index (κ1) is 30.6. The SMILES string of the molecule is COc1ncccc1C1(NC(=O)C2CCN(c3ccncc3)CC2)C(=O)N(S(=O)(=O)c2cccc3cccnc23)c2ccc(Cl)cc21. The van der Waals surface area contributed by atoms with Crippen LogP contribution in [0, 0.1) is 5.92 Å². The molecule has 0 bridgehead atoms. The van der Waals surface area contributed by atoms with Crippen molar-refractivity contribution in [1.82, 2.24) is 20.3 Å². The van der Waals surface area contributed by atoms with Crippen LogP contribution in [0.15, 0.2) is 102 Å². The molecule has 0 spiro atoms. The Morgan fingerprint density at radius 2 is 1.66 bits per heavy atom. The Kier molecular flexibility index (Phi) is 7.77. The highest BCUT2D eigenvalue weighted by Crippen LogP contribution is 2.50. The first-order chi connectivity index (χ1) is 22.8. The maximum absolute atomic E-state index is 15.0. The Morgan fingerprint density at radius 3 is 2.43 bits per heavy atom. The Hall–Kier alpha value is -5.07. The van der Waals surface area contributed by atoms with E-state index in [2.05, 4.69) is 25.2 Å². The summed E-state index contributed by atoms with van der Waals surface area (Å²) in [6.07, 6.45) is 7.44. The van der Waals surface area contributed by atoms with Crippen molar-refractivity contribution >= 4 is 55.7 Å². The number of methoxy groups -OCH3 is 1. The lowest BCUT2D eigenvalue weighted by Crippen LogP contribution is -2.56. The number of halogens is 1. The van der Waals surface area contributed by atoms with E-state index in [4.69, 9.17) is 16.3 Å². The molecule has 1 fully saturated rings. The van der Waals surface area contributed by atoms with Gasteiger partial charge in [-0.3, -0.25) is 19.6 Å². The molecule has 0 aliphatic carbocycles. The summed E-state index contributed by atoms with van der Waals surface area (Å²) in [5.41, 5.74) is -0.419. The van der Waals surface area contributed by atoms with Gasteiger partial charge >= 0.3 is 0 Å². The van der Waals surface area contributed by atoms with E-state index in [1.54, 1.807) is 48.8 Å². The van der Waals surface area contributed by atoms with Crippen molar-refractivity contribution in [2.45, 2.75) is 23.3 Å². The number of hydrogen-bond acceptors (Lipinski definition) is 9. The molecule has 11 nitrogen and oxygen atoms in total. The maximum atomic E-state index is 15.0. The van der Waals surface area contributed by atoms with E-state index in [1.807, 2.05) is 12.1 Å². The van der Waals surface area contributed by atoms with Gasteiger partial charge in [0, 0.05) is 65.5 Å². The number of benzene rings is 2. The summed E-state index contributed by atoms with van der Waals surface area (Å²) in [6.45, 7) is 1.21. The van der Waals surface area contributed by atoms with E-state index in [9.17, 15) is 13.2 Å². The van der Waals surface area contributed by atoms with Gasteiger partial charge in [0.1, 0.15) is 4.90 Å². The van der Waals surface area contributed by atoms with Gasteiger partial charge in [-0.1, -0.05) is 29.8 Å². The Bertz CT molecular complexity index is 2120. The van der Waals surface area contributed by atoms with Crippen LogP contribution in [0.5, 0.6) is 5.88 Å². The van der Waals surface area contributed by atoms with E-state index in [-0.39, 0.29) is 38.1 Å². The first-order valence-electron chi connectivity index (χ1n) is 15.0. The second-order valence-corrected chi connectivity index (χ2v) is 13.5. The van der Waals surface area contributed by atoms with Gasteiger partial charge in [-0.2, -0.15) is 4.31 Å². The zero-order valence-corrected chi connectivity index (χ0v) is 26.8. The molecule has 47 heavy (non-hydrogen) atoms. The molecular formula is C34H29ClN6O5S.